The molecular formula is C11H13N3O2S. The van der Waals surface area contributed by atoms with Crippen LogP contribution in [0.1, 0.15) is 18.4 Å². The summed E-state index contributed by atoms with van der Waals surface area (Å²) in [7, 11) is -3.42. The van der Waals surface area contributed by atoms with Crippen molar-refractivity contribution in [3.63, 3.8) is 0 Å². The molecular weight excluding hydrogens is 238 g/mol. The molecule has 1 N–H and O–H groups in total. The number of nitriles is 1. The van der Waals surface area contributed by atoms with Crippen molar-refractivity contribution in [2.24, 2.45) is 0 Å². The van der Waals surface area contributed by atoms with E-state index in [9.17, 15) is 8.42 Å². The first-order valence-electron chi connectivity index (χ1n) is 5.45. The Morgan fingerprint density at radius 2 is 2.35 bits per heavy atom. The molecule has 1 atom stereocenters. The van der Waals surface area contributed by atoms with E-state index in [1.54, 1.807) is 0 Å². The van der Waals surface area contributed by atoms with Crippen LogP contribution in [0.4, 0.5) is 0 Å². The highest BCUT2D eigenvalue weighted by Crippen LogP contribution is 2.19. The van der Waals surface area contributed by atoms with E-state index in [1.807, 2.05) is 6.07 Å². The Morgan fingerprint density at radius 1 is 1.53 bits per heavy atom. The van der Waals surface area contributed by atoms with Crippen LogP contribution in [0, 0.1) is 11.3 Å². The number of hydrogen-bond donors (Lipinski definition) is 1. The Balaban J connectivity index is 2.34. The molecule has 0 aromatic carbocycles. The van der Waals surface area contributed by atoms with Gasteiger partial charge in [0.25, 0.3) is 0 Å². The average Bonchev–Trinajstić information content (AvgIpc) is 2.40. The molecule has 0 spiro atoms. The summed E-state index contributed by atoms with van der Waals surface area (Å²) in [5.41, 5.74) is 0.322. The number of aromatic nitrogens is 1. The summed E-state index contributed by atoms with van der Waals surface area (Å²) in [6.45, 7) is 1.32. The molecule has 17 heavy (non-hydrogen) atoms. The predicted molar refractivity (Wildman–Crippen MR) is 62.0 cm³/mol. The number of sulfone groups is 1. The lowest BCUT2D eigenvalue weighted by Crippen LogP contribution is -2.39. The third kappa shape index (κ3) is 2.46. The minimum absolute atomic E-state index is 0.00486. The lowest BCUT2D eigenvalue weighted by atomic mass is 10.2. The smallest absolute Gasteiger partial charge is 0.199 e. The normalized spacial score (nSPS) is 20.8. The number of pyridine rings is 1. The molecule has 0 saturated carbocycles. The van der Waals surface area contributed by atoms with Crippen LogP contribution < -0.4 is 5.32 Å². The Morgan fingerprint density at radius 3 is 3.00 bits per heavy atom. The molecule has 0 aliphatic carbocycles. The molecule has 1 aromatic heterocycles. The standard InChI is InChI=1S/C11H13N3O2S/c12-7-9-3-5-14-11(6-9)17(15,16)10-2-1-4-13-8-10/h3,5-6,10,13H,1-2,4,8H2. The molecule has 2 heterocycles. The van der Waals surface area contributed by atoms with Crippen molar-refractivity contribution >= 4 is 9.84 Å². The van der Waals surface area contributed by atoms with Crippen LogP contribution >= 0.6 is 0 Å². The Kier molecular flexibility index (Phi) is 3.41. The van der Waals surface area contributed by atoms with Gasteiger partial charge in [0.2, 0.25) is 0 Å². The zero-order valence-corrected chi connectivity index (χ0v) is 10.1. The quantitative estimate of drug-likeness (QED) is 0.826. The number of piperidine rings is 1. The summed E-state index contributed by atoms with van der Waals surface area (Å²) in [5.74, 6) is 0. The van der Waals surface area contributed by atoms with E-state index >= 15 is 0 Å². The number of hydrogen-bond acceptors (Lipinski definition) is 5. The van der Waals surface area contributed by atoms with Gasteiger partial charge in [-0.15, -0.1) is 0 Å². The molecule has 1 saturated heterocycles. The van der Waals surface area contributed by atoms with Crippen molar-refractivity contribution in [1.82, 2.24) is 10.3 Å². The van der Waals surface area contributed by atoms with Gasteiger partial charge in [0.1, 0.15) is 0 Å². The molecule has 0 amide bonds. The fraction of sp³-hybridized carbons (Fsp3) is 0.455. The van der Waals surface area contributed by atoms with Gasteiger partial charge in [-0.25, -0.2) is 13.4 Å². The SMILES string of the molecule is N#Cc1ccnc(S(=O)(=O)C2CCCNC2)c1. The van der Waals surface area contributed by atoms with Gasteiger partial charge in [-0.3, -0.25) is 0 Å². The highest BCUT2D eigenvalue weighted by molar-refractivity contribution is 7.92. The number of nitrogens with zero attached hydrogens (tertiary/aromatic N) is 2. The van der Waals surface area contributed by atoms with E-state index in [-0.39, 0.29) is 5.03 Å². The second kappa shape index (κ2) is 4.82. The zero-order chi connectivity index (χ0) is 12.3. The van der Waals surface area contributed by atoms with E-state index in [4.69, 9.17) is 5.26 Å². The third-order valence-corrected chi connectivity index (χ3v) is 4.93. The first-order valence-corrected chi connectivity index (χ1v) is 7.00. The number of rotatable bonds is 2. The predicted octanol–water partition coefficient (Wildman–Crippen LogP) is 0.479. The van der Waals surface area contributed by atoms with Crippen LogP contribution in [0.3, 0.4) is 0 Å². The lowest BCUT2D eigenvalue weighted by molar-refractivity contribution is 0.495. The zero-order valence-electron chi connectivity index (χ0n) is 9.26. The van der Waals surface area contributed by atoms with Crippen LogP contribution in [-0.4, -0.2) is 31.7 Å². The van der Waals surface area contributed by atoms with Crippen molar-refractivity contribution in [1.29, 1.82) is 5.26 Å². The summed E-state index contributed by atoms with van der Waals surface area (Å²) in [4.78, 5) is 3.87. The maximum atomic E-state index is 12.2. The summed E-state index contributed by atoms with van der Waals surface area (Å²) < 4.78 is 24.5. The van der Waals surface area contributed by atoms with E-state index in [0.29, 0.717) is 18.5 Å². The fourth-order valence-electron chi connectivity index (χ4n) is 1.89. The molecule has 1 unspecified atom stereocenters. The van der Waals surface area contributed by atoms with Crippen LogP contribution in [0.25, 0.3) is 0 Å². The number of nitrogens with one attached hydrogen (secondary N) is 1. The molecule has 1 aliphatic heterocycles. The second-order valence-corrected chi connectivity index (χ2v) is 6.18. The van der Waals surface area contributed by atoms with Gasteiger partial charge in [-0.1, -0.05) is 0 Å². The molecule has 1 aliphatic rings. The highest BCUT2D eigenvalue weighted by Gasteiger charge is 2.30. The first-order chi connectivity index (χ1) is 8.14. The summed E-state index contributed by atoms with van der Waals surface area (Å²) in [6.07, 6.45) is 2.86. The Bertz CT molecular complexity index is 542. The van der Waals surface area contributed by atoms with Gasteiger partial charge >= 0.3 is 0 Å². The molecule has 6 heteroatoms. The van der Waals surface area contributed by atoms with Crippen LogP contribution in [0.15, 0.2) is 23.4 Å². The van der Waals surface area contributed by atoms with Gasteiger partial charge in [0.05, 0.1) is 16.9 Å². The van der Waals surface area contributed by atoms with E-state index < -0.39 is 15.1 Å². The van der Waals surface area contributed by atoms with Crippen molar-refractivity contribution in [3.8, 4) is 6.07 Å². The maximum Gasteiger partial charge on any atom is 0.199 e. The van der Waals surface area contributed by atoms with Gasteiger partial charge in [0.15, 0.2) is 14.9 Å². The molecule has 0 radical (unpaired) electrons. The summed E-state index contributed by atoms with van der Waals surface area (Å²) in [5, 5.41) is 11.4. The molecule has 2 rings (SSSR count). The minimum Gasteiger partial charge on any atom is -0.315 e. The monoisotopic (exact) mass is 251 g/mol. The second-order valence-electron chi connectivity index (χ2n) is 4.01. The summed E-state index contributed by atoms with van der Waals surface area (Å²) >= 11 is 0. The van der Waals surface area contributed by atoms with Crippen LogP contribution in [-0.2, 0) is 9.84 Å². The van der Waals surface area contributed by atoms with E-state index in [1.165, 1.54) is 18.3 Å². The van der Waals surface area contributed by atoms with Crippen LogP contribution in [0.5, 0.6) is 0 Å². The van der Waals surface area contributed by atoms with E-state index in [0.717, 1.165) is 13.0 Å². The third-order valence-electron chi connectivity index (χ3n) is 2.85. The molecule has 0 bridgehead atoms. The van der Waals surface area contributed by atoms with Crippen molar-refractivity contribution in [2.45, 2.75) is 23.1 Å². The lowest BCUT2D eigenvalue weighted by Gasteiger charge is -2.22. The fourth-order valence-corrected chi connectivity index (χ4v) is 3.54. The summed E-state index contributed by atoms with van der Waals surface area (Å²) in [6, 6.07) is 4.76. The first kappa shape index (κ1) is 12.0. The molecule has 1 aromatic rings. The van der Waals surface area contributed by atoms with Gasteiger partial charge < -0.3 is 5.32 Å². The molecule has 1 fully saturated rings. The Labute approximate surface area is 100 Å². The van der Waals surface area contributed by atoms with Gasteiger partial charge in [-0.2, -0.15) is 5.26 Å². The maximum absolute atomic E-state index is 12.2. The average molecular weight is 251 g/mol. The Hall–Kier alpha value is -1.45. The topological polar surface area (TPSA) is 82.8 Å². The van der Waals surface area contributed by atoms with Crippen molar-refractivity contribution in [2.75, 3.05) is 13.1 Å². The molecule has 5 nitrogen and oxygen atoms in total. The van der Waals surface area contributed by atoms with Crippen molar-refractivity contribution in [3.05, 3.63) is 23.9 Å². The molecule has 90 valence electrons. The largest absolute Gasteiger partial charge is 0.315 e. The van der Waals surface area contributed by atoms with E-state index in [2.05, 4.69) is 10.3 Å². The van der Waals surface area contributed by atoms with Gasteiger partial charge in [0, 0.05) is 12.7 Å². The van der Waals surface area contributed by atoms with Gasteiger partial charge in [-0.05, 0) is 31.5 Å². The van der Waals surface area contributed by atoms with Crippen LogP contribution in [0.2, 0.25) is 0 Å². The van der Waals surface area contributed by atoms with Crippen molar-refractivity contribution < 1.29 is 8.42 Å². The minimum atomic E-state index is -3.42. The highest BCUT2D eigenvalue weighted by atomic mass is 32.2.